The average Bonchev–Trinajstić information content (AvgIpc) is 2.47. The van der Waals surface area contributed by atoms with Crippen LogP contribution in [0.4, 0.5) is 10.1 Å². The highest BCUT2D eigenvalue weighted by molar-refractivity contribution is 6.34. The molecule has 7 heteroatoms. The molecule has 0 aliphatic rings. The second-order valence-electron chi connectivity index (χ2n) is 4.96. The molecule has 0 unspecified atom stereocenters. The number of rotatable bonds is 2. The Morgan fingerprint density at radius 1 is 1.26 bits per heavy atom. The van der Waals surface area contributed by atoms with Crippen LogP contribution in [0.1, 0.15) is 16.2 Å². The molecule has 0 radical (unpaired) electrons. The molecule has 0 aliphatic carbocycles. The van der Waals surface area contributed by atoms with E-state index in [4.69, 9.17) is 11.6 Å². The van der Waals surface area contributed by atoms with Gasteiger partial charge < -0.3 is 10.3 Å². The Labute approximate surface area is 135 Å². The smallest absolute Gasteiger partial charge is 0.258 e. The van der Waals surface area contributed by atoms with Crippen molar-refractivity contribution in [2.75, 3.05) is 5.32 Å². The Balaban J connectivity index is 1.95. The Bertz CT molecular complexity index is 985. The predicted molar refractivity (Wildman–Crippen MR) is 86.5 cm³/mol. The van der Waals surface area contributed by atoms with Crippen LogP contribution in [0, 0.1) is 12.7 Å². The van der Waals surface area contributed by atoms with E-state index in [-0.39, 0.29) is 16.1 Å². The number of aryl methyl sites for hydroxylation is 1. The number of anilines is 1. The molecule has 2 aromatic carbocycles. The second-order valence-corrected chi connectivity index (χ2v) is 5.37. The highest BCUT2D eigenvalue weighted by Gasteiger charge is 2.12. The summed E-state index contributed by atoms with van der Waals surface area (Å²) in [6, 6.07) is 8.30. The molecule has 0 saturated heterocycles. The number of nitrogens with zero attached hydrogens (tertiary/aromatic N) is 1. The van der Waals surface area contributed by atoms with E-state index in [2.05, 4.69) is 15.3 Å². The van der Waals surface area contributed by atoms with Crippen LogP contribution in [0.5, 0.6) is 0 Å². The summed E-state index contributed by atoms with van der Waals surface area (Å²) < 4.78 is 13.0. The lowest BCUT2D eigenvalue weighted by atomic mass is 10.2. The molecule has 5 nitrogen and oxygen atoms in total. The summed E-state index contributed by atoms with van der Waals surface area (Å²) in [4.78, 5) is 30.9. The highest BCUT2D eigenvalue weighted by atomic mass is 35.5. The van der Waals surface area contributed by atoms with Crippen molar-refractivity contribution in [1.29, 1.82) is 0 Å². The van der Waals surface area contributed by atoms with E-state index in [1.165, 1.54) is 12.1 Å². The number of aromatic amines is 1. The number of carbonyl (C=O) groups excluding carboxylic acids is 1. The van der Waals surface area contributed by atoms with E-state index in [9.17, 15) is 14.0 Å². The van der Waals surface area contributed by atoms with Gasteiger partial charge in [-0.25, -0.2) is 9.37 Å². The molecule has 3 rings (SSSR count). The molecule has 116 valence electrons. The molecule has 0 aliphatic heterocycles. The first kappa shape index (κ1) is 15.2. The first-order valence-corrected chi connectivity index (χ1v) is 7.09. The molecule has 0 spiro atoms. The Morgan fingerprint density at radius 2 is 2.04 bits per heavy atom. The fraction of sp³-hybridized carbons (Fsp3) is 0.0625. The van der Waals surface area contributed by atoms with Gasteiger partial charge >= 0.3 is 0 Å². The van der Waals surface area contributed by atoms with Gasteiger partial charge in [0.05, 0.1) is 21.5 Å². The number of hydrogen-bond acceptors (Lipinski definition) is 3. The van der Waals surface area contributed by atoms with E-state index >= 15 is 0 Å². The van der Waals surface area contributed by atoms with E-state index in [0.29, 0.717) is 22.4 Å². The van der Waals surface area contributed by atoms with Crippen LogP contribution in [-0.4, -0.2) is 15.9 Å². The van der Waals surface area contributed by atoms with Crippen LogP contribution >= 0.6 is 11.6 Å². The normalized spacial score (nSPS) is 10.7. The lowest BCUT2D eigenvalue weighted by Gasteiger charge is -2.08. The molecule has 0 atom stereocenters. The molecule has 1 aromatic heterocycles. The van der Waals surface area contributed by atoms with Crippen molar-refractivity contribution in [2.24, 2.45) is 0 Å². The minimum Gasteiger partial charge on any atom is -0.322 e. The van der Waals surface area contributed by atoms with Gasteiger partial charge in [-0.15, -0.1) is 0 Å². The molecule has 2 N–H and O–H groups in total. The third-order valence-corrected chi connectivity index (χ3v) is 3.57. The first-order chi connectivity index (χ1) is 10.9. The monoisotopic (exact) mass is 331 g/mol. The summed E-state index contributed by atoms with van der Waals surface area (Å²) in [5.74, 6) is -0.506. The van der Waals surface area contributed by atoms with Crippen LogP contribution in [0.2, 0.25) is 5.02 Å². The standard InChI is InChI=1S/C16H11ClFN3O2/c1-8-19-14-5-3-10(7-12(14)16(23)20-8)21-15(22)11-4-2-9(18)6-13(11)17/h2-7H,1H3,(H,21,22)(H,19,20,23). The summed E-state index contributed by atoms with van der Waals surface area (Å²) in [6.07, 6.45) is 0. The van der Waals surface area contributed by atoms with Gasteiger partial charge in [0.2, 0.25) is 0 Å². The zero-order valence-corrected chi connectivity index (χ0v) is 12.7. The van der Waals surface area contributed by atoms with Gasteiger partial charge in [0, 0.05) is 5.69 Å². The maximum absolute atomic E-state index is 13.0. The van der Waals surface area contributed by atoms with Crippen molar-refractivity contribution < 1.29 is 9.18 Å². The topological polar surface area (TPSA) is 74.8 Å². The fourth-order valence-corrected chi connectivity index (χ4v) is 2.46. The maximum Gasteiger partial charge on any atom is 0.258 e. The molecule has 0 bridgehead atoms. The van der Waals surface area contributed by atoms with Crippen molar-refractivity contribution in [3.63, 3.8) is 0 Å². The number of hydrogen-bond donors (Lipinski definition) is 2. The number of aromatic nitrogens is 2. The molecular formula is C16H11ClFN3O2. The van der Waals surface area contributed by atoms with Gasteiger partial charge in [-0.3, -0.25) is 9.59 Å². The number of carbonyl (C=O) groups is 1. The SMILES string of the molecule is Cc1nc2ccc(NC(=O)c3ccc(F)cc3Cl)cc2c(=O)[nH]1. The molecule has 3 aromatic rings. The van der Waals surface area contributed by atoms with Gasteiger partial charge in [-0.1, -0.05) is 11.6 Å². The number of nitrogens with one attached hydrogen (secondary N) is 2. The van der Waals surface area contributed by atoms with Crippen molar-refractivity contribution in [1.82, 2.24) is 9.97 Å². The quantitative estimate of drug-likeness (QED) is 0.756. The van der Waals surface area contributed by atoms with Crippen molar-refractivity contribution >= 4 is 34.1 Å². The van der Waals surface area contributed by atoms with Gasteiger partial charge in [0.25, 0.3) is 11.5 Å². The molecule has 1 heterocycles. The Morgan fingerprint density at radius 3 is 2.78 bits per heavy atom. The molecule has 23 heavy (non-hydrogen) atoms. The van der Waals surface area contributed by atoms with Crippen LogP contribution in [0.25, 0.3) is 10.9 Å². The lowest BCUT2D eigenvalue weighted by molar-refractivity contribution is 0.102. The van der Waals surface area contributed by atoms with E-state index in [1.807, 2.05) is 0 Å². The van der Waals surface area contributed by atoms with Gasteiger partial charge in [-0.2, -0.15) is 0 Å². The molecule has 0 saturated carbocycles. The van der Waals surface area contributed by atoms with Crippen LogP contribution in [-0.2, 0) is 0 Å². The van der Waals surface area contributed by atoms with E-state index in [1.54, 1.807) is 19.1 Å². The van der Waals surface area contributed by atoms with Gasteiger partial charge in [0.15, 0.2) is 0 Å². The third kappa shape index (κ3) is 3.07. The van der Waals surface area contributed by atoms with Crippen LogP contribution < -0.4 is 10.9 Å². The number of amides is 1. The summed E-state index contributed by atoms with van der Waals surface area (Å²) in [7, 11) is 0. The number of H-pyrrole nitrogens is 1. The Hall–Kier alpha value is -2.73. The maximum atomic E-state index is 13.0. The third-order valence-electron chi connectivity index (χ3n) is 3.26. The summed E-state index contributed by atoms with van der Waals surface area (Å²) in [5, 5.41) is 3.00. The largest absolute Gasteiger partial charge is 0.322 e. The van der Waals surface area contributed by atoms with Crippen molar-refractivity contribution in [2.45, 2.75) is 6.92 Å². The summed E-state index contributed by atoms with van der Waals surface area (Å²) in [5.41, 5.74) is 0.802. The fourth-order valence-electron chi connectivity index (χ4n) is 2.21. The van der Waals surface area contributed by atoms with E-state index in [0.717, 1.165) is 12.1 Å². The van der Waals surface area contributed by atoms with E-state index < -0.39 is 11.7 Å². The minimum absolute atomic E-state index is 0.0124. The molecule has 0 fully saturated rings. The lowest BCUT2D eigenvalue weighted by Crippen LogP contribution is -2.14. The highest BCUT2D eigenvalue weighted by Crippen LogP contribution is 2.20. The van der Waals surface area contributed by atoms with Crippen LogP contribution in [0.3, 0.4) is 0 Å². The van der Waals surface area contributed by atoms with Crippen molar-refractivity contribution in [3.05, 3.63) is 69.0 Å². The van der Waals surface area contributed by atoms with Gasteiger partial charge in [0.1, 0.15) is 11.6 Å². The predicted octanol–water partition coefficient (Wildman–Crippen LogP) is 3.28. The summed E-state index contributed by atoms with van der Waals surface area (Å²) in [6.45, 7) is 1.69. The Kier molecular flexibility index (Phi) is 3.83. The first-order valence-electron chi connectivity index (χ1n) is 6.71. The number of fused-ring (bicyclic) bond motifs is 1. The number of benzene rings is 2. The molecule has 1 amide bonds. The molecular weight excluding hydrogens is 321 g/mol. The van der Waals surface area contributed by atoms with Crippen LogP contribution in [0.15, 0.2) is 41.2 Å². The van der Waals surface area contributed by atoms with Gasteiger partial charge in [-0.05, 0) is 43.3 Å². The number of halogens is 2. The average molecular weight is 332 g/mol. The minimum atomic E-state index is -0.523. The van der Waals surface area contributed by atoms with Crippen molar-refractivity contribution in [3.8, 4) is 0 Å². The second kappa shape index (κ2) is 5.81. The zero-order valence-electron chi connectivity index (χ0n) is 12.0. The zero-order chi connectivity index (χ0) is 16.6. The summed E-state index contributed by atoms with van der Waals surface area (Å²) >= 11 is 5.86.